The van der Waals surface area contributed by atoms with Crippen LogP contribution in [0.2, 0.25) is 0 Å². The highest BCUT2D eigenvalue weighted by Crippen LogP contribution is 2.24. The van der Waals surface area contributed by atoms with Crippen LogP contribution in [-0.4, -0.2) is 38.9 Å². The van der Waals surface area contributed by atoms with Gasteiger partial charge in [0, 0.05) is 23.5 Å². The standard InChI is InChI=1S/C23H21BrN4O3/c1-15-4-9-18-19(13-15)23(31)27(22(18)30)12-2-3-21(29)26-20-10-11-25-28(20)14-16-5-7-17(24)8-6-16/h4-11,13H,2-3,12,14H2,1H3,(H,26,29). The van der Waals surface area contributed by atoms with Crippen molar-refractivity contribution in [2.45, 2.75) is 26.3 Å². The Hall–Kier alpha value is -3.26. The van der Waals surface area contributed by atoms with Gasteiger partial charge in [0.2, 0.25) is 5.91 Å². The molecule has 158 valence electrons. The van der Waals surface area contributed by atoms with Crippen molar-refractivity contribution in [2.24, 2.45) is 0 Å². The van der Waals surface area contributed by atoms with Gasteiger partial charge in [0.05, 0.1) is 23.9 Å². The molecular weight excluding hydrogens is 460 g/mol. The molecule has 0 atom stereocenters. The highest BCUT2D eigenvalue weighted by molar-refractivity contribution is 9.10. The summed E-state index contributed by atoms with van der Waals surface area (Å²) >= 11 is 3.41. The van der Waals surface area contributed by atoms with E-state index in [-0.39, 0.29) is 30.7 Å². The number of carbonyl (C=O) groups excluding carboxylic acids is 3. The number of nitrogens with one attached hydrogen (secondary N) is 1. The summed E-state index contributed by atoms with van der Waals surface area (Å²) in [5.74, 6) is -0.182. The molecule has 0 bridgehead atoms. The van der Waals surface area contributed by atoms with Crippen molar-refractivity contribution in [1.29, 1.82) is 0 Å². The Bertz CT molecular complexity index is 1150. The maximum Gasteiger partial charge on any atom is 0.261 e. The summed E-state index contributed by atoms with van der Waals surface area (Å²) < 4.78 is 2.71. The van der Waals surface area contributed by atoms with Gasteiger partial charge in [-0.15, -0.1) is 0 Å². The van der Waals surface area contributed by atoms with Crippen LogP contribution in [0.15, 0.2) is 59.2 Å². The van der Waals surface area contributed by atoms with E-state index in [1.807, 2.05) is 37.3 Å². The largest absolute Gasteiger partial charge is 0.311 e. The van der Waals surface area contributed by atoms with Gasteiger partial charge in [0.25, 0.3) is 11.8 Å². The summed E-state index contributed by atoms with van der Waals surface area (Å²) in [4.78, 5) is 38.6. The van der Waals surface area contributed by atoms with E-state index in [2.05, 4.69) is 26.3 Å². The number of fused-ring (bicyclic) bond motifs is 1. The zero-order chi connectivity index (χ0) is 22.0. The number of hydrogen-bond acceptors (Lipinski definition) is 4. The van der Waals surface area contributed by atoms with Crippen molar-refractivity contribution in [1.82, 2.24) is 14.7 Å². The van der Waals surface area contributed by atoms with Gasteiger partial charge >= 0.3 is 0 Å². The lowest BCUT2D eigenvalue weighted by Crippen LogP contribution is -2.31. The van der Waals surface area contributed by atoms with E-state index in [9.17, 15) is 14.4 Å². The molecular formula is C23H21BrN4O3. The number of halogens is 1. The fourth-order valence-corrected chi connectivity index (χ4v) is 3.80. The molecule has 4 rings (SSSR count). The Balaban J connectivity index is 1.31. The minimum Gasteiger partial charge on any atom is -0.311 e. The first-order chi connectivity index (χ1) is 14.9. The summed E-state index contributed by atoms with van der Waals surface area (Å²) in [6, 6.07) is 14.9. The predicted molar refractivity (Wildman–Crippen MR) is 120 cm³/mol. The first kappa shape index (κ1) is 21.0. The summed E-state index contributed by atoms with van der Waals surface area (Å²) in [5.41, 5.74) is 2.85. The van der Waals surface area contributed by atoms with Crippen molar-refractivity contribution >= 4 is 39.5 Å². The SMILES string of the molecule is Cc1ccc2c(c1)C(=O)N(CCCC(=O)Nc1ccnn1Cc1ccc(Br)cc1)C2=O. The van der Waals surface area contributed by atoms with E-state index in [0.717, 1.165) is 15.6 Å². The van der Waals surface area contributed by atoms with Crippen molar-refractivity contribution in [3.8, 4) is 0 Å². The van der Waals surface area contributed by atoms with Crippen LogP contribution in [0.1, 0.15) is 44.7 Å². The van der Waals surface area contributed by atoms with Gasteiger partial charge in [-0.3, -0.25) is 19.3 Å². The van der Waals surface area contributed by atoms with Crippen LogP contribution < -0.4 is 5.32 Å². The number of nitrogens with zero attached hydrogens (tertiary/aromatic N) is 3. The number of imide groups is 1. The minimum atomic E-state index is -0.298. The molecule has 2 heterocycles. The third-order valence-electron chi connectivity index (χ3n) is 5.14. The van der Waals surface area contributed by atoms with Gasteiger partial charge in [0.1, 0.15) is 5.82 Å². The van der Waals surface area contributed by atoms with Gasteiger partial charge < -0.3 is 5.32 Å². The molecule has 0 unspecified atom stereocenters. The van der Waals surface area contributed by atoms with Gasteiger partial charge in [0.15, 0.2) is 0 Å². The number of rotatable bonds is 7. The fraction of sp³-hybridized carbons (Fsp3) is 0.217. The zero-order valence-electron chi connectivity index (χ0n) is 17.0. The van der Waals surface area contributed by atoms with Gasteiger partial charge in [-0.05, 0) is 43.2 Å². The number of hydrogen-bond donors (Lipinski definition) is 1. The smallest absolute Gasteiger partial charge is 0.261 e. The van der Waals surface area contributed by atoms with Crippen LogP contribution in [0.3, 0.4) is 0 Å². The molecule has 1 aromatic heterocycles. The van der Waals surface area contributed by atoms with E-state index in [1.54, 1.807) is 29.1 Å². The quantitative estimate of drug-likeness (QED) is 0.517. The van der Waals surface area contributed by atoms with E-state index in [4.69, 9.17) is 0 Å². The first-order valence-electron chi connectivity index (χ1n) is 9.95. The lowest BCUT2D eigenvalue weighted by atomic mass is 10.1. The molecule has 3 amide bonds. The first-order valence-corrected chi connectivity index (χ1v) is 10.7. The van der Waals surface area contributed by atoms with Gasteiger partial charge in [-0.1, -0.05) is 39.7 Å². The topological polar surface area (TPSA) is 84.3 Å². The Morgan fingerprint density at radius 2 is 1.77 bits per heavy atom. The Labute approximate surface area is 188 Å². The van der Waals surface area contributed by atoms with Crippen LogP contribution in [0.4, 0.5) is 5.82 Å². The molecule has 1 aliphatic heterocycles. The van der Waals surface area contributed by atoms with Crippen molar-refractivity contribution in [2.75, 3.05) is 11.9 Å². The zero-order valence-corrected chi connectivity index (χ0v) is 18.6. The van der Waals surface area contributed by atoms with Crippen LogP contribution in [-0.2, 0) is 11.3 Å². The molecule has 0 saturated carbocycles. The maximum absolute atomic E-state index is 12.5. The van der Waals surface area contributed by atoms with Crippen molar-refractivity contribution in [3.05, 3.63) is 81.5 Å². The molecule has 0 aliphatic carbocycles. The second-order valence-corrected chi connectivity index (χ2v) is 8.38. The maximum atomic E-state index is 12.5. The Morgan fingerprint density at radius 3 is 2.55 bits per heavy atom. The molecule has 1 N–H and O–H groups in total. The van der Waals surface area contributed by atoms with Gasteiger partial charge in [-0.2, -0.15) is 5.10 Å². The second kappa shape index (κ2) is 8.85. The summed E-state index contributed by atoms with van der Waals surface area (Å²) in [6.07, 6.45) is 2.21. The molecule has 1 aliphatic rings. The summed E-state index contributed by atoms with van der Waals surface area (Å²) in [5, 5.41) is 7.13. The normalized spacial score (nSPS) is 12.9. The van der Waals surface area contributed by atoms with Crippen molar-refractivity contribution < 1.29 is 14.4 Å². The lowest BCUT2D eigenvalue weighted by molar-refractivity contribution is -0.116. The minimum absolute atomic E-state index is 0.190. The molecule has 3 aromatic rings. The Morgan fingerprint density at radius 1 is 1.03 bits per heavy atom. The van der Waals surface area contributed by atoms with E-state index < -0.39 is 0 Å². The third-order valence-corrected chi connectivity index (χ3v) is 5.67. The summed E-state index contributed by atoms with van der Waals surface area (Å²) in [6.45, 7) is 2.62. The average Bonchev–Trinajstić information content (AvgIpc) is 3.27. The number of anilines is 1. The predicted octanol–water partition coefficient (Wildman–Crippen LogP) is 4.02. The Kier molecular flexibility index (Phi) is 5.99. The number of benzene rings is 2. The second-order valence-electron chi connectivity index (χ2n) is 7.46. The fourth-order valence-electron chi connectivity index (χ4n) is 3.54. The highest BCUT2D eigenvalue weighted by atomic mass is 79.9. The van der Waals surface area contributed by atoms with Gasteiger partial charge in [-0.25, -0.2) is 4.68 Å². The number of aromatic nitrogens is 2. The van der Waals surface area contributed by atoms with Crippen LogP contribution >= 0.6 is 15.9 Å². The lowest BCUT2D eigenvalue weighted by Gasteiger charge is -2.13. The third kappa shape index (κ3) is 4.59. The van der Waals surface area contributed by atoms with Crippen LogP contribution in [0, 0.1) is 6.92 Å². The number of aryl methyl sites for hydroxylation is 1. The average molecular weight is 481 g/mol. The molecule has 0 spiro atoms. The summed E-state index contributed by atoms with van der Waals surface area (Å²) in [7, 11) is 0. The van der Waals surface area contributed by atoms with Crippen LogP contribution in [0.25, 0.3) is 0 Å². The molecule has 2 aromatic carbocycles. The number of amides is 3. The molecule has 8 heteroatoms. The van der Waals surface area contributed by atoms with E-state index in [1.165, 1.54) is 4.90 Å². The highest BCUT2D eigenvalue weighted by Gasteiger charge is 2.34. The molecule has 0 radical (unpaired) electrons. The number of carbonyl (C=O) groups is 3. The molecule has 0 saturated heterocycles. The van der Waals surface area contributed by atoms with Crippen molar-refractivity contribution in [3.63, 3.8) is 0 Å². The van der Waals surface area contributed by atoms with Crippen LogP contribution in [0.5, 0.6) is 0 Å². The van der Waals surface area contributed by atoms with E-state index >= 15 is 0 Å². The molecule has 31 heavy (non-hydrogen) atoms. The van der Waals surface area contributed by atoms with E-state index in [0.29, 0.717) is 29.9 Å². The molecule has 0 fully saturated rings. The monoisotopic (exact) mass is 480 g/mol. The molecule has 7 nitrogen and oxygen atoms in total.